The van der Waals surface area contributed by atoms with E-state index in [1.54, 1.807) is 0 Å². The predicted molar refractivity (Wildman–Crippen MR) is 39.3 cm³/mol. The number of nitrogens with zero attached hydrogens (tertiary/aromatic N) is 2. The third kappa shape index (κ3) is 0.776. The number of rotatable bonds is 1. The van der Waals surface area contributed by atoms with E-state index in [2.05, 4.69) is 15.2 Å². The molecule has 0 saturated carbocycles. The molecule has 47 valence electrons. The Morgan fingerprint density at radius 2 is 2.50 bits per heavy atom. The summed E-state index contributed by atoms with van der Waals surface area (Å²) in [5, 5.41) is 6.52. The van der Waals surface area contributed by atoms with Gasteiger partial charge in [0.15, 0.2) is 7.28 Å². The fraction of sp³-hybridized carbons (Fsp3) is 0. The van der Waals surface area contributed by atoms with Gasteiger partial charge in [0.2, 0.25) is 0 Å². The molecule has 0 atom stereocenters. The summed E-state index contributed by atoms with van der Waals surface area (Å²) < 4.78 is 0. The largest absolute Gasteiger partial charge is 0.260 e. The molecule has 1 aromatic heterocycles. The molecule has 0 spiro atoms. The van der Waals surface area contributed by atoms with Crippen molar-refractivity contribution >= 4 is 12.8 Å². The number of nitrogens with one attached hydrogen (secondary N) is 1. The van der Waals surface area contributed by atoms with Gasteiger partial charge in [-0.2, -0.15) is 5.10 Å². The molecule has 10 heavy (non-hydrogen) atoms. The van der Waals surface area contributed by atoms with Crippen LogP contribution >= 0.6 is 0 Å². The van der Waals surface area contributed by atoms with Crippen LogP contribution in [0.15, 0.2) is 24.5 Å². The lowest BCUT2D eigenvalue weighted by Crippen LogP contribution is -1.91. The Morgan fingerprint density at radius 1 is 1.50 bits per heavy atom. The van der Waals surface area contributed by atoms with Crippen LogP contribution in [0.4, 0.5) is 0 Å². The summed E-state index contributed by atoms with van der Waals surface area (Å²) in [6, 6.07) is 0. The van der Waals surface area contributed by atoms with E-state index in [0.717, 1.165) is 11.3 Å². The van der Waals surface area contributed by atoms with Gasteiger partial charge in [-0.15, -0.1) is 5.98 Å². The first-order chi connectivity index (χ1) is 4.97. The van der Waals surface area contributed by atoms with Gasteiger partial charge in [-0.3, -0.25) is 5.10 Å². The van der Waals surface area contributed by atoms with Crippen LogP contribution in [0, 0.1) is 0 Å². The summed E-state index contributed by atoms with van der Waals surface area (Å²) in [5.41, 5.74) is 1.08. The Bertz CT molecular complexity index is 273. The molecular formula is C6H5BN3. The van der Waals surface area contributed by atoms with Gasteiger partial charge in [0.25, 0.3) is 0 Å². The quantitative estimate of drug-likeness (QED) is 0.558. The number of hydrogen-bond donors (Lipinski definition) is 1. The van der Waals surface area contributed by atoms with E-state index in [-0.39, 0.29) is 0 Å². The van der Waals surface area contributed by atoms with Gasteiger partial charge in [-0.25, -0.2) is 4.98 Å². The Kier molecular flexibility index (Phi) is 1.17. The van der Waals surface area contributed by atoms with Gasteiger partial charge < -0.3 is 0 Å². The zero-order valence-electron chi connectivity index (χ0n) is 5.28. The molecule has 0 aromatic carbocycles. The average molecular weight is 130 g/mol. The molecule has 0 unspecified atom stereocenters. The first kappa shape index (κ1) is 5.47. The number of aromatic amines is 1. The molecule has 1 radical (unpaired) electrons. The zero-order valence-corrected chi connectivity index (χ0v) is 5.28. The van der Waals surface area contributed by atoms with E-state index in [4.69, 9.17) is 0 Å². The van der Waals surface area contributed by atoms with Crippen molar-refractivity contribution in [2.45, 2.75) is 0 Å². The standard InChI is InChI=1S/C6H5BN3/c1-2-5(7-3-1)6-8-4-9-10-6/h1-4H,(H,8,9,10). The van der Waals surface area contributed by atoms with Crippen molar-refractivity contribution in [1.82, 2.24) is 15.2 Å². The van der Waals surface area contributed by atoms with E-state index in [9.17, 15) is 0 Å². The van der Waals surface area contributed by atoms with Crippen LogP contribution < -0.4 is 0 Å². The zero-order chi connectivity index (χ0) is 6.81. The number of allylic oxidation sites excluding steroid dienone is 2. The summed E-state index contributed by atoms with van der Waals surface area (Å²) in [4.78, 5) is 3.99. The minimum absolute atomic E-state index is 0.824. The smallest absolute Gasteiger partial charge is 0.186 e. The molecule has 0 bridgehead atoms. The van der Waals surface area contributed by atoms with Crippen LogP contribution in [-0.2, 0) is 0 Å². The van der Waals surface area contributed by atoms with Crippen LogP contribution in [-0.4, -0.2) is 22.5 Å². The van der Waals surface area contributed by atoms with Gasteiger partial charge in [-0.1, -0.05) is 12.2 Å². The molecular weight excluding hydrogens is 125 g/mol. The van der Waals surface area contributed by atoms with Crippen LogP contribution in [0.25, 0.3) is 5.47 Å². The fourth-order valence-electron chi connectivity index (χ4n) is 0.876. The van der Waals surface area contributed by atoms with Crippen LogP contribution in [0.3, 0.4) is 0 Å². The van der Waals surface area contributed by atoms with Crippen molar-refractivity contribution in [3.05, 3.63) is 30.3 Å². The van der Waals surface area contributed by atoms with Gasteiger partial charge in [0.05, 0.1) is 0 Å². The second-order valence-electron chi connectivity index (χ2n) is 2.01. The van der Waals surface area contributed by atoms with E-state index in [1.165, 1.54) is 6.33 Å². The van der Waals surface area contributed by atoms with Crippen molar-refractivity contribution in [2.75, 3.05) is 0 Å². The van der Waals surface area contributed by atoms with Crippen LogP contribution in [0.5, 0.6) is 0 Å². The summed E-state index contributed by atoms with van der Waals surface area (Å²) in [6.45, 7) is 0. The summed E-state index contributed by atoms with van der Waals surface area (Å²) in [5.74, 6) is 2.79. The van der Waals surface area contributed by atoms with E-state index in [1.807, 2.05) is 25.4 Å². The number of aromatic nitrogens is 3. The minimum atomic E-state index is 0.824. The van der Waals surface area contributed by atoms with Crippen molar-refractivity contribution in [1.29, 1.82) is 0 Å². The monoisotopic (exact) mass is 130 g/mol. The molecule has 2 heterocycles. The molecule has 1 N–H and O–H groups in total. The van der Waals surface area contributed by atoms with E-state index < -0.39 is 0 Å². The van der Waals surface area contributed by atoms with Crippen molar-refractivity contribution in [3.8, 4) is 0 Å². The Morgan fingerprint density at radius 3 is 3.10 bits per heavy atom. The predicted octanol–water partition coefficient (Wildman–Crippen LogP) is 0.377. The molecule has 0 aliphatic carbocycles. The molecule has 1 aliphatic heterocycles. The highest BCUT2D eigenvalue weighted by Crippen LogP contribution is 2.10. The van der Waals surface area contributed by atoms with Crippen LogP contribution in [0.1, 0.15) is 5.82 Å². The Hall–Kier alpha value is -1.32. The molecule has 0 saturated heterocycles. The highest BCUT2D eigenvalue weighted by atomic mass is 15.2. The molecule has 3 nitrogen and oxygen atoms in total. The molecule has 1 aromatic rings. The molecule has 0 fully saturated rings. The third-order valence-electron chi connectivity index (χ3n) is 1.35. The maximum atomic E-state index is 3.99. The average Bonchev–Trinajstić information content (AvgIpc) is 2.59. The Balaban J connectivity index is 2.30. The summed E-state index contributed by atoms with van der Waals surface area (Å²) >= 11 is 0. The van der Waals surface area contributed by atoms with Crippen LogP contribution in [0.2, 0.25) is 0 Å². The van der Waals surface area contributed by atoms with Crippen molar-refractivity contribution in [3.63, 3.8) is 0 Å². The molecule has 1 aliphatic rings. The van der Waals surface area contributed by atoms with Gasteiger partial charge in [0.1, 0.15) is 12.2 Å². The minimum Gasteiger partial charge on any atom is -0.260 e. The van der Waals surface area contributed by atoms with Gasteiger partial charge in [0, 0.05) is 0 Å². The third-order valence-corrected chi connectivity index (χ3v) is 1.35. The highest BCUT2D eigenvalue weighted by molar-refractivity contribution is 6.66. The highest BCUT2D eigenvalue weighted by Gasteiger charge is 2.05. The lowest BCUT2D eigenvalue weighted by Gasteiger charge is -1.90. The van der Waals surface area contributed by atoms with Gasteiger partial charge >= 0.3 is 0 Å². The summed E-state index contributed by atoms with van der Waals surface area (Å²) in [7, 11) is 1.99. The SMILES string of the molecule is [B]1C=CC=C1c1ncn[nH]1. The van der Waals surface area contributed by atoms with Crippen molar-refractivity contribution < 1.29 is 0 Å². The van der Waals surface area contributed by atoms with Crippen molar-refractivity contribution in [2.24, 2.45) is 0 Å². The first-order valence-corrected chi connectivity index (χ1v) is 3.04. The van der Waals surface area contributed by atoms with E-state index in [0.29, 0.717) is 0 Å². The topological polar surface area (TPSA) is 41.6 Å². The second-order valence-corrected chi connectivity index (χ2v) is 2.01. The number of H-pyrrole nitrogens is 1. The molecule has 0 amide bonds. The Labute approximate surface area is 59.1 Å². The summed E-state index contributed by atoms with van der Waals surface area (Å²) in [6.07, 6.45) is 5.46. The maximum absolute atomic E-state index is 3.99. The molecule has 4 heteroatoms. The first-order valence-electron chi connectivity index (χ1n) is 3.04. The lowest BCUT2D eigenvalue weighted by molar-refractivity contribution is 1.08. The van der Waals surface area contributed by atoms with Gasteiger partial charge in [-0.05, 0) is 5.47 Å². The lowest BCUT2D eigenvalue weighted by atomic mass is 9.73. The van der Waals surface area contributed by atoms with E-state index >= 15 is 0 Å². The maximum Gasteiger partial charge on any atom is 0.186 e. The number of hydrogen-bond acceptors (Lipinski definition) is 2. The second kappa shape index (κ2) is 2.13. The molecule has 2 rings (SSSR count). The fourth-order valence-corrected chi connectivity index (χ4v) is 0.876. The normalized spacial score (nSPS) is 15.0.